The van der Waals surface area contributed by atoms with Crippen LogP contribution in [0.3, 0.4) is 0 Å². The highest BCUT2D eigenvalue weighted by molar-refractivity contribution is 5.27. The van der Waals surface area contributed by atoms with E-state index in [0.29, 0.717) is 39.5 Å². The van der Waals surface area contributed by atoms with Gasteiger partial charge in [0.1, 0.15) is 30.3 Å². The number of hydrogen-bond acceptors (Lipinski definition) is 11. The largest absolute Gasteiger partial charge is 0.435 e. The first kappa shape index (κ1) is 25.6. The van der Waals surface area contributed by atoms with Crippen molar-refractivity contribution < 1.29 is 28.5 Å². The Morgan fingerprint density at radius 2 is 2.00 bits per heavy atom. The normalized spacial score (nSPS) is 34.2. The summed E-state index contributed by atoms with van der Waals surface area (Å²) in [6.07, 6.45) is -3.49. The monoisotopic (exact) mass is 487 g/mol. The van der Waals surface area contributed by atoms with Gasteiger partial charge < -0.3 is 35.6 Å². The van der Waals surface area contributed by atoms with E-state index < -0.39 is 31.2 Å². The van der Waals surface area contributed by atoms with Crippen LogP contribution in [-0.4, -0.2) is 110 Å². The van der Waals surface area contributed by atoms with Gasteiger partial charge in [0, 0.05) is 32.8 Å². The average molecular weight is 488 g/mol. The number of likely N-dealkylation sites (N-methyl/N-ethyl adjacent to an activating group) is 1. The molecular formula is C21H35F2N7O4. The van der Waals surface area contributed by atoms with E-state index in [1.54, 1.807) is 12.1 Å². The second-order valence-electron chi connectivity index (χ2n) is 8.97. The summed E-state index contributed by atoms with van der Waals surface area (Å²) in [7, 11) is 1.93. The number of halogens is 2. The first-order chi connectivity index (χ1) is 16.3. The zero-order valence-corrected chi connectivity index (χ0v) is 19.1. The summed E-state index contributed by atoms with van der Waals surface area (Å²) >= 11 is 0. The van der Waals surface area contributed by atoms with Gasteiger partial charge in [0.05, 0.1) is 25.0 Å². The van der Waals surface area contributed by atoms with E-state index in [2.05, 4.69) is 26.0 Å². The number of aliphatic hydroxyl groups excluding tert-OH is 2. The molecular weight excluding hydrogens is 452 g/mol. The summed E-state index contributed by atoms with van der Waals surface area (Å²) in [6, 6.07) is 6.48. The van der Waals surface area contributed by atoms with Crippen LogP contribution in [0.25, 0.3) is 0 Å². The molecule has 4 rings (SSSR count). The number of nitrogens with zero attached hydrogens (tertiary/aromatic N) is 2. The highest BCUT2D eigenvalue weighted by Gasteiger charge is 2.51. The van der Waals surface area contributed by atoms with Gasteiger partial charge in [-0.25, -0.2) is 4.90 Å². The Morgan fingerprint density at radius 3 is 2.74 bits per heavy atom. The molecule has 3 fully saturated rings. The van der Waals surface area contributed by atoms with Gasteiger partial charge in [-0.3, -0.25) is 16.0 Å². The van der Waals surface area contributed by atoms with Crippen molar-refractivity contribution in [3.05, 3.63) is 29.8 Å². The summed E-state index contributed by atoms with van der Waals surface area (Å²) < 4.78 is 34.9. The highest BCUT2D eigenvalue weighted by atomic mass is 19.3. The zero-order valence-electron chi connectivity index (χ0n) is 19.1. The van der Waals surface area contributed by atoms with Gasteiger partial charge in [0.2, 0.25) is 0 Å². The van der Waals surface area contributed by atoms with Gasteiger partial charge >= 0.3 is 6.61 Å². The first-order valence-corrected chi connectivity index (χ1v) is 11.5. The molecule has 3 aliphatic rings. The Bertz CT molecular complexity index is 780. The molecule has 0 radical (unpaired) electrons. The minimum Gasteiger partial charge on any atom is -0.435 e. The Morgan fingerprint density at radius 1 is 1.24 bits per heavy atom. The Labute approximate surface area is 197 Å². The number of nitrogens with one attached hydrogen (secondary N) is 4. The van der Waals surface area contributed by atoms with Crippen LogP contribution in [0.5, 0.6) is 5.75 Å². The third-order valence-corrected chi connectivity index (χ3v) is 6.55. The van der Waals surface area contributed by atoms with Gasteiger partial charge in [-0.05, 0) is 24.7 Å². The molecule has 0 saturated carbocycles. The van der Waals surface area contributed by atoms with Crippen LogP contribution in [0.2, 0.25) is 0 Å². The zero-order chi connectivity index (χ0) is 24.2. The summed E-state index contributed by atoms with van der Waals surface area (Å²) in [5, 5.41) is 34.4. The maximum atomic E-state index is 12.2. The lowest BCUT2D eigenvalue weighted by Gasteiger charge is -2.38. The molecule has 3 aliphatic heterocycles. The lowest BCUT2D eigenvalue weighted by Crippen LogP contribution is -2.68. The van der Waals surface area contributed by atoms with Crippen molar-refractivity contribution >= 4 is 0 Å². The average Bonchev–Trinajstić information content (AvgIpc) is 3.35. The van der Waals surface area contributed by atoms with Crippen LogP contribution < -0.4 is 31.7 Å². The predicted octanol–water partition coefficient (Wildman–Crippen LogP) is -2.25. The highest BCUT2D eigenvalue weighted by Crippen LogP contribution is 2.28. The molecule has 0 bridgehead atoms. The van der Waals surface area contributed by atoms with Crippen LogP contribution in [-0.2, 0) is 11.3 Å². The molecule has 0 amide bonds. The van der Waals surface area contributed by atoms with Crippen molar-refractivity contribution in [2.45, 2.75) is 56.1 Å². The fraction of sp³-hybridized carbons (Fsp3) is 0.714. The Balaban J connectivity index is 1.19. The van der Waals surface area contributed by atoms with E-state index in [1.807, 2.05) is 16.8 Å². The van der Waals surface area contributed by atoms with Crippen molar-refractivity contribution in [1.82, 2.24) is 31.1 Å². The van der Waals surface area contributed by atoms with Gasteiger partial charge in [-0.15, -0.1) is 0 Å². The summed E-state index contributed by atoms with van der Waals surface area (Å²) in [5.41, 5.74) is 7.07. The van der Waals surface area contributed by atoms with Crippen molar-refractivity contribution in [1.29, 1.82) is 0 Å². The van der Waals surface area contributed by atoms with E-state index in [4.69, 9.17) is 10.5 Å². The third-order valence-electron chi connectivity index (χ3n) is 6.55. The van der Waals surface area contributed by atoms with Gasteiger partial charge in [0.25, 0.3) is 0 Å². The van der Waals surface area contributed by atoms with E-state index in [-0.39, 0.29) is 24.1 Å². The van der Waals surface area contributed by atoms with E-state index in [9.17, 15) is 19.0 Å². The van der Waals surface area contributed by atoms with Gasteiger partial charge in [0.15, 0.2) is 0 Å². The summed E-state index contributed by atoms with van der Waals surface area (Å²) in [5.74, 6) is 0.133. The molecule has 0 aliphatic carbocycles. The second-order valence-corrected chi connectivity index (χ2v) is 8.97. The van der Waals surface area contributed by atoms with Crippen LogP contribution in [0, 0.1) is 0 Å². The Kier molecular flexibility index (Phi) is 8.63. The summed E-state index contributed by atoms with van der Waals surface area (Å²) in [6.45, 7) is 0.627. The molecule has 13 heteroatoms. The maximum Gasteiger partial charge on any atom is 0.387 e. The number of alkyl halides is 2. The maximum absolute atomic E-state index is 12.2. The number of benzene rings is 1. The van der Waals surface area contributed by atoms with Gasteiger partial charge in [-0.1, -0.05) is 12.1 Å². The lowest BCUT2D eigenvalue weighted by molar-refractivity contribution is -0.106. The van der Waals surface area contributed by atoms with Crippen LogP contribution in [0.1, 0.15) is 5.56 Å². The van der Waals surface area contributed by atoms with Crippen LogP contribution >= 0.6 is 0 Å². The first-order valence-electron chi connectivity index (χ1n) is 11.5. The second kappa shape index (κ2) is 11.5. The van der Waals surface area contributed by atoms with Gasteiger partial charge in [-0.2, -0.15) is 8.78 Å². The Hall–Kier alpha value is -1.52. The molecule has 11 nitrogen and oxygen atoms in total. The minimum atomic E-state index is -2.83. The van der Waals surface area contributed by atoms with Crippen molar-refractivity contribution in [3.63, 3.8) is 0 Å². The molecule has 3 heterocycles. The number of ether oxygens (including phenoxy) is 2. The van der Waals surface area contributed by atoms with E-state index in [1.165, 1.54) is 12.1 Å². The number of nitrogens with two attached hydrogens (primary N) is 1. The standard InChI is InChI=1S/C21H35F2N7O4/c1-29(7-6-25-8-12-2-4-13(5-3-12)33-21(22)23)9-14-16(31)17(32)20(34-14)30-11-28-15-18(24)26-10-27-19(15)30/h2-5,14-21,25-28,31-32H,6-11,24H2,1H3/t14-,15?,16-,17-,18?,19?,20-/m1/s1. The van der Waals surface area contributed by atoms with E-state index >= 15 is 0 Å². The van der Waals surface area contributed by atoms with Crippen molar-refractivity contribution in [2.24, 2.45) is 5.73 Å². The van der Waals surface area contributed by atoms with Crippen molar-refractivity contribution in [2.75, 3.05) is 40.0 Å². The third kappa shape index (κ3) is 5.99. The number of rotatable bonds is 10. The molecule has 0 aromatic heterocycles. The molecule has 3 saturated heterocycles. The molecule has 34 heavy (non-hydrogen) atoms. The minimum absolute atomic E-state index is 0.0254. The predicted molar refractivity (Wildman–Crippen MR) is 119 cm³/mol. The molecule has 3 unspecified atom stereocenters. The molecule has 192 valence electrons. The molecule has 8 N–H and O–H groups in total. The van der Waals surface area contributed by atoms with Crippen LogP contribution in [0.15, 0.2) is 24.3 Å². The van der Waals surface area contributed by atoms with E-state index in [0.717, 1.165) is 5.56 Å². The van der Waals surface area contributed by atoms with Crippen molar-refractivity contribution in [3.8, 4) is 5.75 Å². The number of aliphatic hydroxyl groups is 2. The lowest BCUT2D eigenvalue weighted by atomic mass is 10.1. The molecule has 0 spiro atoms. The fourth-order valence-electron chi connectivity index (χ4n) is 4.70. The SMILES string of the molecule is CN(CCNCc1ccc(OC(F)F)cc1)C[C@H]1O[C@@H](N2CNC3C(N)NCNC32)[C@H](O)[C@@H]1O. The fourth-order valence-corrected chi connectivity index (χ4v) is 4.70. The quantitative estimate of drug-likeness (QED) is 0.180. The number of fused-ring (bicyclic) bond motifs is 1. The smallest absolute Gasteiger partial charge is 0.387 e. The number of hydrogen-bond donors (Lipinski definition) is 7. The molecule has 1 aromatic rings. The topological polar surface area (TPSA) is 140 Å². The summed E-state index contributed by atoms with van der Waals surface area (Å²) in [4.78, 5) is 4.00. The molecule has 7 atom stereocenters. The molecule has 1 aromatic carbocycles. The van der Waals surface area contributed by atoms with Crippen LogP contribution in [0.4, 0.5) is 8.78 Å².